The molecule has 0 saturated heterocycles. The summed E-state index contributed by atoms with van der Waals surface area (Å²) in [6, 6.07) is 0. The first-order valence-corrected chi connectivity index (χ1v) is 4.61. The Balaban J connectivity index is 3.68. The molecule has 0 amide bonds. The van der Waals surface area contributed by atoms with E-state index in [0.717, 1.165) is 0 Å². The molecule has 4 N–H and O–H groups in total. The number of rotatable bonds is 3. The molecular weight excluding hydrogens is 159 g/mol. The molecule has 0 radical (unpaired) electrons. The SMILES string of the molecule is CC(O)C(C)O[PH](O)(O)O. The molecule has 0 saturated carbocycles. The van der Waals surface area contributed by atoms with Crippen molar-refractivity contribution in [1.82, 2.24) is 0 Å². The van der Waals surface area contributed by atoms with Crippen molar-refractivity contribution in [3.63, 3.8) is 0 Å². The van der Waals surface area contributed by atoms with E-state index in [4.69, 9.17) is 19.8 Å². The van der Waals surface area contributed by atoms with Gasteiger partial charge in [0, 0.05) is 0 Å². The van der Waals surface area contributed by atoms with Gasteiger partial charge in [-0.15, -0.1) is 0 Å². The Hall–Kier alpha value is 0.230. The van der Waals surface area contributed by atoms with Crippen LogP contribution in [0.5, 0.6) is 0 Å². The van der Waals surface area contributed by atoms with Gasteiger partial charge in [0.15, 0.2) is 0 Å². The van der Waals surface area contributed by atoms with Gasteiger partial charge in [-0.25, -0.2) is 0 Å². The monoisotopic (exact) mass is 172 g/mol. The van der Waals surface area contributed by atoms with Crippen molar-refractivity contribution < 1.29 is 24.3 Å². The zero-order chi connectivity index (χ0) is 8.36. The van der Waals surface area contributed by atoms with E-state index >= 15 is 0 Å². The number of hydrogen-bond acceptors (Lipinski definition) is 5. The van der Waals surface area contributed by atoms with Crippen molar-refractivity contribution >= 4 is 8.17 Å². The third-order valence-electron chi connectivity index (χ3n) is 1.02. The summed E-state index contributed by atoms with van der Waals surface area (Å²) in [7, 11) is -4.44. The summed E-state index contributed by atoms with van der Waals surface area (Å²) in [5, 5.41) is 8.75. The molecule has 2 atom stereocenters. The molecule has 0 aromatic rings. The summed E-state index contributed by atoms with van der Waals surface area (Å²) in [5.41, 5.74) is 0. The second-order valence-electron chi connectivity index (χ2n) is 2.14. The summed E-state index contributed by atoms with van der Waals surface area (Å²) >= 11 is 0. The van der Waals surface area contributed by atoms with Gasteiger partial charge in [0.1, 0.15) is 0 Å². The molecule has 0 heterocycles. The molecule has 0 aliphatic heterocycles. The Labute approximate surface area is 59.6 Å². The second kappa shape index (κ2) is 3.57. The Kier molecular flexibility index (Phi) is 3.65. The minimum absolute atomic E-state index is 0.772. The maximum absolute atomic E-state index is 8.75. The Morgan fingerprint density at radius 2 is 1.60 bits per heavy atom. The maximum atomic E-state index is 8.75. The molecule has 0 spiro atoms. The van der Waals surface area contributed by atoms with Gasteiger partial charge in [-0.05, 0) is 0 Å². The molecule has 0 aliphatic rings. The predicted molar refractivity (Wildman–Crippen MR) is 37.2 cm³/mol. The number of hydrogen-bond donors (Lipinski definition) is 4. The summed E-state index contributed by atoms with van der Waals surface area (Å²) < 4.78 is 4.25. The van der Waals surface area contributed by atoms with Gasteiger partial charge in [-0.2, -0.15) is 0 Å². The first-order valence-electron chi connectivity index (χ1n) is 2.86. The Morgan fingerprint density at radius 1 is 1.20 bits per heavy atom. The van der Waals surface area contributed by atoms with Gasteiger partial charge in [-0.3, -0.25) is 0 Å². The molecular formula is C4H13O5P. The molecule has 64 valence electrons. The van der Waals surface area contributed by atoms with E-state index < -0.39 is 20.4 Å². The summed E-state index contributed by atoms with van der Waals surface area (Å²) in [6.45, 7) is 2.85. The van der Waals surface area contributed by atoms with Crippen LogP contribution < -0.4 is 0 Å². The molecule has 5 nitrogen and oxygen atoms in total. The number of aliphatic hydroxyl groups is 1. The fourth-order valence-corrected chi connectivity index (χ4v) is 1.04. The summed E-state index contributed by atoms with van der Waals surface area (Å²) in [4.78, 5) is 25.1. The zero-order valence-corrected chi connectivity index (χ0v) is 6.85. The van der Waals surface area contributed by atoms with Crippen molar-refractivity contribution in [1.29, 1.82) is 0 Å². The van der Waals surface area contributed by atoms with Crippen LogP contribution >= 0.6 is 8.17 Å². The van der Waals surface area contributed by atoms with Crippen LogP contribution in [0.2, 0.25) is 0 Å². The molecule has 6 heteroatoms. The summed E-state index contributed by atoms with van der Waals surface area (Å²) in [5.74, 6) is 0. The van der Waals surface area contributed by atoms with E-state index in [2.05, 4.69) is 4.52 Å². The van der Waals surface area contributed by atoms with E-state index in [0.29, 0.717) is 0 Å². The fraction of sp³-hybridized carbons (Fsp3) is 1.00. The van der Waals surface area contributed by atoms with E-state index in [9.17, 15) is 0 Å². The van der Waals surface area contributed by atoms with Gasteiger partial charge in [-0.1, -0.05) is 0 Å². The summed E-state index contributed by atoms with van der Waals surface area (Å²) in [6.07, 6.45) is -1.61. The molecule has 0 aromatic carbocycles. The molecule has 0 aromatic heterocycles. The third-order valence-corrected chi connectivity index (χ3v) is 1.71. The van der Waals surface area contributed by atoms with Gasteiger partial charge < -0.3 is 0 Å². The second-order valence-corrected chi connectivity index (χ2v) is 3.52. The van der Waals surface area contributed by atoms with Crippen molar-refractivity contribution in [3.05, 3.63) is 0 Å². The first kappa shape index (κ1) is 10.2. The van der Waals surface area contributed by atoms with Crippen LogP contribution in [0.3, 0.4) is 0 Å². The van der Waals surface area contributed by atoms with Crippen LogP contribution in [0.4, 0.5) is 0 Å². The van der Waals surface area contributed by atoms with Crippen molar-refractivity contribution in [2.75, 3.05) is 0 Å². The van der Waals surface area contributed by atoms with Crippen molar-refractivity contribution in [2.45, 2.75) is 26.1 Å². The standard InChI is InChI=1S/C4H13O5P/c1-3(5)4(2)9-10(6,7)8/h3-8,10H,1-2H3. The normalized spacial score (nSPS) is 20.2. The van der Waals surface area contributed by atoms with Crippen LogP contribution in [0.25, 0.3) is 0 Å². The van der Waals surface area contributed by atoms with E-state index in [-0.39, 0.29) is 0 Å². The zero-order valence-electron chi connectivity index (χ0n) is 5.85. The van der Waals surface area contributed by atoms with Crippen LogP contribution in [0.1, 0.15) is 13.8 Å². The van der Waals surface area contributed by atoms with Crippen LogP contribution in [0, 0.1) is 0 Å². The van der Waals surface area contributed by atoms with Crippen molar-refractivity contribution in [3.8, 4) is 0 Å². The quantitative estimate of drug-likeness (QED) is 0.417. The average molecular weight is 172 g/mol. The molecule has 0 bridgehead atoms. The molecule has 0 aliphatic carbocycles. The molecule has 0 rings (SSSR count). The molecule has 0 fully saturated rings. The Bertz CT molecular complexity index is 98.3. The van der Waals surface area contributed by atoms with Gasteiger partial charge >= 0.3 is 58.5 Å². The van der Waals surface area contributed by atoms with Crippen LogP contribution in [-0.2, 0) is 4.52 Å². The average Bonchev–Trinajstić information content (AvgIpc) is 1.60. The van der Waals surface area contributed by atoms with Crippen LogP contribution in [-0.4, -0.2) is 32.0 Å². The van der Waals surface area contributed by atoms with Crippen molar-refractivity contribution in [2.24, 2.45) is 0 Å². The van der Waals surface area contributed by atoms with Gasteiger partial charge in [0.05, 0.1) is 0 Å². The van der Waals surface area contributed by atoms with E-state index in [1.54, 1.807) is 0 Å². The van der Waals surface area contributed by atoms with E-state index in [1.807, 2.05) is 0 Å². The third kappa shape index (κ3) is 5.05. The van der Waals surface area contributed by atoms with Gasteiger partial charge in [0.2, 0.25) is 0 Å². The van der Waals surface area contributed by atoms with E-state index in [1.165, 1.54) is 13.8 Å². The first-order chi connectivity index (χ1) is 4.33. The van der Waals surface area contributed by atoms with Gasteiger partial charge in [0.25, 0.3) is 0 Å². The predicted octanol–water partition coefficient (Wildman–Crippen LogP) is -0.841. The minimum atomic E-state index is -4.44. The van der Waals surface area contributed by atoms with Crippen LogP contribution in [0.15, 0.2) is 0 Å². The molecule has 2 unspecified atom stereocenters. The fourth-order valence-electron chi connectivity index (χ4n) is 0.348. The topological polar surface area (TPSA) is 90.2 Å². The Morgan fingerprint density at radius 3 is 1.70 bits per heavy atom. The molecule has 10 heavy (non-hydrogen) atoms. The number of aliphatic hydroxyl groups excluding tert-OH is 1.